The van der Waals surface area contributed by atoms with E-state index in [1.807, 2.05) is 0 Å². The van der Waals surface area contributed by atoms with Crippen LogP contribution in [0, 0.1) is 5.92 Å². The van der Waals surface area contributed by atoms with Crippen LogP contribution in [0.2, 0.25) is 0 Å². The molecule has 0 aromatic carbocycles. The molecule has 15 heavy (non-hydrogen) atoms. The highest BCUT2D eigenvalue weighted by Crippen LogP contribution is 2.26. The molecule has 0 fully saturated rings. The first-order valence-electron chi connectivity index (χ1n) is 5.37. The zero-order valence-electron chi connectivity index (χ0n) is 9.79. The standard InChI is InChI=1S/C10H22FNO2S/c1-4-15(13,14)7-5-6-10(11,8-12)9(2)3/h9H,4-8,12H2,1-3H3. The summed E-state index contributed by atoms with van der Waals surface area (Å²) in [5, 5.41) is 0. The Morgan fingerprint density at radius 2 is 1.93 bits per heavy atom. The van der Waals surface area contributed by atoms with E-state index in [9.17, 15) is 12.8 Å². The summed E-state index contributed by atoms with van der Waals surface area (Å²) in [6.07, 6.45) is 0.572. The van der Waals surface area contributed by atoms with Crippen molar-refractivity contribution in [3.8, 4) is 0 Å². The maximum atomic E-state index is 14.0. The van der Waals surface area contributed by atoms with Gasteiger partial charge in [0.1, 0.15) is 15.5 Å². The second kappa shape index (κ2) is 5.80. The van der Waals surface area contributed by atoms with Gasteiger partial charge >= 0.3 is 0 Å². The third-order valence-corrected chi connectivity index (χ3v) is 4.65. The summed E-state index contributed by atoms with van der Waals surface area (Å²) in [6.45, 7) is 5.09. The highest BCUT2D eigenvalue weighted by atomic mass is 32.2. The Morgan fingerprint density at radius 1 is 1.40 bits per heavy atom. The number of rotatable bonds is 7. The molecule has 0 aromatic rings. The van der Waals surface area contributed by atoms with Gasteiger partial charge in [-0.2, -0.15) is 0 Å². The monoisotopic (exact) mass is 239 g/mol. The highest BCUT2D eigenvalue weighted by Gasteiger charge is 2.31. The van der Waals surface area contributed by atoms with E-state index < -0.39 is 15.5 Å². The van der Waals surface area contributed by atoms with Gasteiger partial charge in [0.05, 0.1) is 5.75 Å². The van der Waals surface area contributed by atoms with Crippen LogP contribution in [-0.2, 0) is 9.84 Å². The van der Waals surface area contributed by atoms with Crippen molar-refractivity contribution >= 4 is 9.84 Å². The number of hydrogen-bond donors (Lipinski definition) is 1. The van der Waals surface area contributed by atoms with E-state index in [0.29, 0.717) is 6.42 Å². The van der Waals surface area contributed by atoms with Crippen LogP contribution in [0.4, 0.5) is 4.39 Å². The number of hydrogen-bond acceptors (Lipinski definition) is 3. The molecule has 2 N–H and O–H groups in total. The molecular formula is C10H22FNO2S. The molecule has 1 unspecified atom stereocenters. The summed E-state index contributed by atoms with van der Waals surface area (Å²) in [4.78, 5) is 0. The molecule has 0 saturated carbocycles. The van der Waals surface area contributed by atoms with E-state index in [1.54, 1.807) is 20.8 Å². The number of halogens is 1. The normalized spacial score (nSPS) is 16.7. The molecule has 0 amide bonds. The van der Waals surface area contributed by atoms with Crippen LogP contribution in [0.3, 0.4) is 0 Å². The Morgan fingerprint density at radius 3 is 2.27 bits per heavy atom. The summed E-state index contributed by atoms with van der Waals surface area (Å²) < 4.78 is 36.4. The van der Waals surface area contributed by atoms with Crippen LogP contribution in [0.1, 0.15) is 33.6 Å². The SMILES string of the molecule is CCS(=O)(=O)CCCC(F)(CN)C(C)C. The Bertz CT molecular complexity index is 277. The Balaban J connectivity index is 4.15. The van der Waals surface area contributed by atoms with Gasteiger partial charge in [-0.25, -0.2) is 12.8 Å². The highest BCUT2D eigenvalue weighted by molar-refractivity contribution is 7.91. The van der Waals surface area contributed by atoms with Crippen LogP contribution in [0.15, 0.2) is 0 Å². The van der Waals surface area contributed by atoms with E-state index in [4.69, 9.17) is 5.73 Å². The third kappa shape index (κ3) is 4.93. The molecule has 0 radical (unpaired) electrons. The molecule has 5 heteroatoms. The fourth-order valence-electron chi connectivity index (χ4n) is 1.36. The van der Waals surface area contributed by atoms with Crippen molar-refractivity contribution < 1.29 is 12.8 Å². The zero-order valence-corrected chi connectivity index (χ0v) is 10.6. The zero-order chi connectivity index (χ0) is 12.1. The van der Waals surface area contributed by atoms with Crippen molar-refractivity contribution in [2.45, 2.75) is 39.3 Å². The fourth-order valence-corrected chi connectivity index (χ4v) is 2.23. The molecule has 3 nitrogen and oxygen atoms in total. The molecule has 0 aromatic heterocycles. The summed E-state index contributed by atoms with van der Waals surface area (Å²) in [5.74, 6) is 0.00482. The van der Waals surface area contributed by atoms with Gasteiger partial charge in [-0.15, -0.1) is 0 Å². The minimum atomic E-state index is -2.98. The molecule has 0 saturated heterocycles. The fraction of sp³-hybridized carbons (Fsp3) is 1.00. The molecule has 1 atom stereocenters. The van der Waals surface area contributed by atoms with Crippen molar-refractivity contribution in [2.75, 3.05) is 18.1 Å². The van der Waals surface area contributed by atoms with Gasteiger partial charge in [0.25, 0.3) is 0 Å². The molecule has 0 spiro atoms. The van der Waals surface area contributed by atoms with E-state index in [-0.39, 0.29) is 30.4 Å². The van der Waals surface area contributed by atoms with Crippen LogP contribution < -0.4 is 5.73 Å². The Hall–Kier alpha value is -0.160. The average Bonchev–Trinajstić information content (AvgIpc) is 2.17. The molecule has 0 aliphatic heterocycles. The van der Waals surface area contributed by atoms with Crippen molar-refractivity contribution in [1.82, 2.24) is 0 Å². The third-order valence-electron chi connectivity index (χ3n) is 2.86. The lowest BCUT2D eigenvalue weighted by molar-refractivity contribution is 0.0982. The van der Waals surface area contributed by atoms with E-state index >= 15 is 0 Å². The number of sulfone groups is 1. The largest absolute Gasteiger partial charge is 0.328 e. The van der Waals surface area contributed by atoms with Gasteiger partial charge in [-0.1, -0.05) is 20.8 Å². The predicted molar refractivity (Wildman–Crippen MR) is 61.3 cm³/mol. The van der Waals surface area contributed by atoms with Crippen LogP contribution in [0.25, 0.3) is 0 Å². The van der Waals surface area contributed by atoms with E-state index in [1.165, 1.54) is 0 Å². The molecule has 0 rings (SSSR count). The summed E-state index contributed by atoms with van der Waals surface area (Å²) in [5.41, 5.74) is 3.94. The molecule has 0 heterocycles. The number of nitrogens with two attached hydrogens (primary N) is 1. The predicted octanol–water partition coefficient (Wildman–Crippen LogP) is 1.52. The minimum absolute atomic E-state index is 0.0448. The van der Waals surface area contributed by atoms with Gasteiger partial charge in [-0.3, -0.25) is 0 Å². The van der Waals surface area contributed by atoms with Gasteiger partial charge in [0, 0.05) is 12.3 Å². The van der Waals surface area contributed by atoms with Crippen LogP contribution in [-0.4, -0.2) is 32.1 Å². The van der Waals surface area contributed by atoms with Crippen LogP contribution >= 0.6 is 0 Å². The minimum Gasteiger partial charge on any atom is -0.328 e. The Kier molecular flexibility index (Phi) is 5.73. The first-order valence-corrected chi connectivity index (χ1v) is 7.19. The topological polar surface area (TPSA) is 60.2 Å². The molecule has 0 aliphatic carbocycles. The molecular weight excluding hydrogens is 217 g/mol. The second-order valence-corrected chi connectivity index (χ2v) is 6.71. The Labute approximate surface area is 92.2 Å². The second-order valence-electron chi connectivity index (χ2n) is 4.23. The molecule has 92 valence electrons. The lowest BCUT2D eigenvalue weighted by atomic mass is 9.88. The van der Waals surface area contributed by atoms with Gasteiger partial charge < -0.3 is 5.73 Å². The summed E-state index contributed by atoms with van der Waals surface area (Å²) >= 11 is 0. The van der Waals surface area contributed by atoms with E-state index in [0.717, 1.165) is 0 Å². The first kappa shape index (κ1) is 14.8. The number of alkyl halides is 1. The average molecular weight is 239 g/mol. The molecule has 0 aliphatic rings. The smallest absolute Gasteiger partial charge is 0.150 e. The van der Waals surface area contributed by atoms with Gasteiger partial charge in [0.15, 0.2) is 0 Å². The van der Waals surface area contributed by atoms with Gasteiger partial charge in [-0.05, 0) is 18.8 Å². The lowest BCUT2D eigenvalue weighted by Gasteiger charge is -2.27. The van der Waals surface area contributed by atoms with Gasteiger partial charge in [0.2, 0.25) is 0 Å². The van der Waals surface area contributed by atoms with Crippen molar-refractivity contribution in [2.24, 2.45) is 11.7 Å². The van der Waals surface area contributed by atoms with Crippen molar-refractivity contribution in [1.29, 1.82) is 0 Å². The molecule has 0 bridgehead atoms. The van der Waals surface area contributed by atoms with Crippen molar-refractivity contribution in [3.63, 3.8) is 0 Å². The first-order chi connectivity index (χ1) is 6.77. The maximum absolute atomic E-state index is 14.0. The van der Waals surface area contributed by atoms with Crippen LogP contribution in [0.5, 0.6) is 0 Å². The maximum Gasteiger partial charge on any atom is 0.150 e. The lowest BCUT2D eigenvalue weighted by Crippen LogP contribution is -2.38. The van der Waals surface area contributed by atoms with E-state index in [2.05, 4.69) is 0 Å². The quantitative estimate of drug-likeness (QED) is 0.733. The summed E-state index contributed by atoms with van der Waals surface area (Å²) in [7, 11) is -2.98. The van der Waals surface area contributed by atoms with Crippen molar-refractivity contribution in [3.05, 3.63) is 0 Å². The summed E-state index contributed by atoms with van der Waals surface area (Å²) in [6, 6.07) is 0.